The van der Waals surface area contributed by atoms with Crippen molar-refractivity contribution in [2.24, 2.45) is 0 Å². The largest absolute Gasteiger partial charge is 0.497 e. The Morgan fingerprint density at radius 1 is 1.00 bits per heavy atom. The molecule has 0 bridgehead atoms. The molecule has 2 N–H and O–H groups in total. The molecule has 26 heavy (non-hydrogen) atoms. The third-order valence-corrected chi connectivity index (χ3v) is 4.65. The molecule has 0 aliphatic heterocycles. The van der Waals surface area contributed by atoms with Gasteiger partial charge >= 0.3 is 0 Å². The fraction of sp³-hybridized carbons (Fsp3) is 0.136. The van der Waals surface area contributed by atoms with Crippen LogP contribution in [0.3, 0.4) is 0 Å². The second kappa shape index (κ2) is 6.92. The number of nitrogens with one attached hydrogen (secondary N) is 2. The number of aryl methyl sites for hydroxylation is 1. The van der Waals surface area contributed by atoms with E-state index in [9.17, 15) is 0 Å². The zero-order chi connectivity index (χ0) is 17.9. The molecular weight excluding hydrogens is 322 g/mol. The van der Waals surface area contributed by atoms with Crippen LogP contribution in [0.1, 0.15) is 22.9 Å². The predicted molar refractivity (Wildman–Crippen MR) is 106 cm³/mol. The van der Waals surface area contributed by atoms with Crippen molar-refractivity contribution in [3.8, 4) is 5.75 Å². The van der Waals surface area contributed by atoms with Gasteiger partial charge in [-0.05, 0) is 48.9 Å². The summed E-state index contributed by atoms with van der Waals surface area (Å²) in [6.07, 6.45) is 3.72. The van der Waals surface area contributed by atoms with Crippen LogP contribution in [0.5, 0.6) is 5.75 Å². The van der Waals surface area contributed by atoms with E-state index in [1.54, 1.807) is 13.3 Å². The number of ether oxygens (including phenoxy) is 1. The second-order valence-electron chi connectivity index (χ2n) is 6.30. The van der Waals surface area contributed by atoms with Gasteiger partial charge in [-0.15, -0.1) is 0 Å². The molecule has 0 amide bonds. The van der Waals surface area contributed by atoms with E-state index < -0.39 is 0 Å². The summed E-state index contributed by atoms with van der Waals surface area (Å²) in [5.41, 5.74) is 5.69. The minimum absolute atomic E-state index is 0.00625. The molecule has 4 aromatic rings. The Labute approximate surface area is 152 Å². The Hall–Kier alpha value is -3.27. The lowest BCUT2D eigenvalue weighted by molar-refractivity contribution is 0.415. The van der Waals surface area contributed by atoms with Crippen LogP contribution in [0.25, 0.3) is 10.9 Å². The number of fused-ring (bicyclic) bond motifs is 1. The number of anilines is 1. The first-order valence-corrected chi connectivity index (χ1v) is 8.64. The van der Waals surface area contributed by atoms with E-state index in [1.165, 1.54) is 10.9 Å². The summed E-state index contributed by atoms with van der Waals surface area (Å²) < 4.78 is 5.27. The van der Waals surface area contributed by atoms with E-state index >= 15 is 0 Å². The molecule has 0 radical (unpaired) electrons. The average molecular weight is 343 g/mol. The van der Waals surface area contributed by atoms with Crippen LogP contribution < -0.4 is 10.1 Å². The number of pyridine rings is 1. The van der Waals surface area contributed by atoms with Crippen molar-refractivity contribution in [1.82, 2.24) is 9.97 Å². The standard InChI is InChI=1S/C22H21N3O/c1-15-21(19-7-3-4-8-20(19)24-15)22(16-6-5-13-23-14-16)25-17-9-11-18(26-2)12-10-17/h3-14,22,24-25H,1-2H3. The van der Waals surface area contributed by atoms with Gasteiger partial charge in [0.1, 0.15) is 5.75 Å². The SMILES string of the molecule is COc1ccc(NC(c2cccnc2)c2c(C)[nH]c3ccccc23)cc1. The van der Waals surface area contributed by atoms with Crippen LogP contribution in [0, 0.1) is 6.92 Å². The maximum absolute atomic E-state index is 5.27. The molecule has 0 saturated heterocycles. The Kier molecular flexibility index (Phi) is 4.32. The Bertz CT molecular complexity index is 1010. The van der Waals surface area contributed by atoms with Crippen molar-refractivity contribution < 1.29 is 4.74 Å². The van der Waals surface area contributed by atoms with Crippen LogP contribution in [0.2, 0.25) is 0 Å². The van der Waals surface area contributed by atoms with Crippen LogP contribution in [0.15, 0.2) is 73.1 Å². The molecule has 1 atom stereocenters. The summed E-state index contributed by atoms with van der Waals surface area (Å²) in [5.74, 6) is 0.844. The zero-order valence-electron chi connectivity index (χ0n) is 14.9. The fourth-order valence-electron chi connectivity index (χ4n) is 3.39. The van der Waals surface area contributed by atoms with E-state index in [1.807, 2.05) is 36.5 Å². The van der Waals surface area contributed by atoms with E-state index in [0.29, 0.717) is 0 Å². The molecule has 4 nitrogen and oxygen atoms in total. The van der Waals surface area contributed by atoms with Gasteiger partial charge in [-0.3, -0.25) is 4.98 Å². The fourth-order valence-corrected chi connectivity index (χ4v) is 3.39. The Morgan fingerprint density at radius 2 is 1.81 bits per heavy atom. The number of nitrogens with zero attached hydrogens (tertiary/aromatic N) is 1. The van der Waals surface area contributed by atoms with Crippen LogP contribution in [0.4, 0.5) is 5.69 Å². The van der Waals surface area contributed by atoms with Gasteiger partial charge in [0, 0.05) is 40.2 Å². The minimum atomic E-state index is -0.00625. The molecule has 2 heterocycles. The molecule has 0 spiro atoms. The van der Waals surface area contributed by atoms with Gasteiger partial charge < -0.3 is 15.0 Å². The third-order valence-electron chi connectivity index (χ3n) is 4.65. The topological polar surface area (TPSA) is 49.9 Å². The summed E-state index contributed by atoms with van der Waals surface area (Å²) >= 11 is 0. The van der Waals surface area contributed by atoms with E-state index in [0.717, 1.165) is 28.2 Å². The monoisotopic (exact) mass is 343 g/mol. The van der Waals surface area contributed by atoms with Gasteiger partial charge in [-0.2, -0.15) is 0 Å². The molecule has 2 aromatic carbocycles. The highest BCUT2D eigenvalue weighted by atomic mass is 16.5. The van der Waals surface area contributed by atoms with Gasteiger partial charge in [-0.1, -0.05) is 24.3 Å². The molecule has 1 unspecified atom stereocenters. The Balaban J connectivity index is 1.81. The lowest BCUT2D eigenvalue weighted by Gasteiger charge is -2.21. The van der Waals surface area contributed by atoms with Crippen molar-refractivity contribution in [1.29, 1.82) is 0 Å². The van der Waals surface area contributed by atoms with Gasteiger partial charge in [0.25, 0.3) is 0 Å². The van der Waals surface area contributed by atoms with Gasteiger partial charge in [0.15, 0.2) is 0 Å². The number of aromatic amines is 1. The molecule has 2 aromatic heterocycles. The Morgan fingerprint density at radius 3 is 2.54 bits per heavy atom. The number of benzene rings is 2. The van der Waals surface area contributed by atoms with Gasteiger partial charge in [0.2, 0.25) is 0 Å². The van der Waals surface area contributed by atoms with Crippen molar-refractivity contribution in [3.05, 3.63) is 89.9 Å². The first-order valence-electron chi connectivity index (χ1n) is 8.64. The predicted octanol–water partition coefficient (Wildman–Crippen LogP) is 5.08. The third kappa shape index (κ3) is 3.02. The normalized spacial score (nSPS) is 12.1. The number of hydrogen-bond donors (Lipinski definition) is 2. The molecule has 0 aliphatic rings. The second-order valence-corrected chi connectivity index (χ2v) is 6.30. The van der Waals surface area contributed by atoms with E-state index in [-0.39, 0.29) is 6.04 Å². The smallest absolute Gasteiger partial charge is 0.119 e. The van der Waals surface area contributed by atoms with Crippen LogP contribution >= 0.6 is 0 Å². The molecule has 0 saturated carbocycles. The van der Waals surface area contributed by atoms with E-state index in [2.05, 4.69) is 52.5 Å². The number of hydrogen-bond acceptors (Lipinski definition) is 3. The molecule has 4 heteroatoms. The molecule has 0 fully saturated rings. The van der Waals surface area contributed by atoms with Crippen molar-refractivity contribution in [2.45, 2.75) is 13.0 Å². The quantitative estimate of drug-likeness (QED) is 0.531. The number of H-pyrrole nitrogens is 1. The van der Waals surface area contributed by atoms with Gasteiger partial charge in [0.05, 0.1) is 13.2 Å². The highest BCUT2D eigenvalue weighted by Crippen LogP contribution is 2.34. The summed E-state index contributed by atoms with van der Waals surface area (Å²) in [6.45, 7) is 2.12. The maximum atomic E-state index is 5.27. The minimum Gasteiger partial charge on any atom is -0.497 e. The summed E-state index contributed by atoms with van der Waals surface area (Å²) in [4.78, 5) is 7.82. The first kappa shape index (κ1) is 16.2. The summed E-state index contributed by atoms with van der Waals surface area (Å²) in [5, 5.41) is 4.89. The van der Waals surface area contributed by atoms with Crippen LogP contribution in [-0.2, 0) is 0 Å². The number of rotatable bonds is 5. The van der Waals surface area contributed by atoms with Gasteiger partial charge in [-0.25, -0.2) is 0 Å². The van der Waals surface area contributed by atoms with Crippen LogP contribution in [-0.4, -0.2) is 17.1 Å². The highest BCUT2D eigenvalue weighted by Gasteiger charge is 2.21. The molecule has 130 valence electrons. The summed E-state index contributed by atoms with van der Waals surface area (Å²) in [7, 11) is 1.68. The number of para-hydroxylation sites is 1. The van der Waals surface area contributed by atoms with Crippen molar-refractivity contribution in [3.63, 3.8) is 0 Å². The average Bonchev–Trinajstić information content (AvgIpc) is 3.03. The lowest BCUT2D eigenvalue weighted by Crippen LogP contribution is -2.13. The molecular formula is C22H21N3O. The number of aromatic nitrogens is 2. The molecule has 4 rings (SSSR count). The van der Waals surface area contributed by atoms with E-state index in [4.69, 9.17) is 4.74 Å². The lowest BCUT2D eigenvalue weighted by atomic mass is 9.97. The van der Waals surface area contributed by atoms with Crippen molar-refractivity contribution in [2.75, 3.05) is 12.4 Å². The first-order chi connectivity index (χ1) is 12.8. The maximum Gasteiger partial charge on any atom is 0.119 e. The summed E-state index contributed by atoms with van der Waals surface area (Å²) in [6, 6.07) is 20.5. The van der Waals surface area contributed by atoms with Crippen molar-refractivity contribution >= 4 is 16.6 Å². The number of methoxy groups -OCH3 is 1. The molecule has 0 aliphatic carbocycles. The highest BCUT2D eigenvalue weighted by molar-refractivity contribution is 5.86. The zero-order valence-corrected chi connectivity index (χ0v) is 14.9.